The first kappa shape index (κ1) is 15.1. The van der Waals surface area contributed by atoms with E-state index in [0.29, 0.717) is 13.2 Å². The molecule has 0 radical (unpaired) electrons. The van der Waals surface area contributed by atoms with Gasteiger partial charge in [0.25, 0.3) is 0 Å². The van der Waals surface area contributed by atoms with Gasteiger partial charge in [-0.2, -0.15) is 0 Å². The van der Waals surface area contributed by atoms with Gasteiger partial charge >= 0.3 is 6.03 Å². The first-order valence-corrected chi connectivity index (χ1v) is 6.86. The molecule has 0 unspecified atom stereocenters. The molecule has 0 fully saturated rings. The Hall–Kier alpha value is -2.33. The molecule has 0 aliphatic carbocycles. The summed E-state index contributed by atoms with van der Waals surface area (Å²) in [7, 11) is 1.63. The Balaban J connectivity index is 1.91. The summed E-state index contributed by atoms with van der Waals surface area (Å²) in [6.45, 7) is 3.00. The van der Waals surface area contributed by atoms with Gasteiger partial charge < -0.3 is 15.4 Å². The molecule has 0 saturated heterocycles. The van der Waals surface area contributed by atoms with Crippen LogP contribution >= 0.6 is 0 Å². The number of benzene rings is 2. The van der Waals surface area contributed by atoms with E-state index in [1.165, 1.54) is 5.56 Å². The van der Waals surface area contributed by atoms with Crippen LogP contribution in [0.25, 0.3) is 0 Å². The summed E-state index contributed by atoms with van der Waals surface area (Å²) in [4.78, 5) is 11.9. The highest BCUT2D eigenvalue weighted by atomic mass is 16.5. The normalized spacial score (nSPS) is 10.2. The van der Waals surface area contributed by atoms with Gasteiger partial charge in [0.1, 0.15) is 0 Å². The fraction of sp³-hybridized carbons (Fsp3) is 0.235. The molecular weight excluding hydrogens is 264 g/mol. The standard InChI is InChI=1S/C17H20N2O2/c1-13-7-9-14(10-8-13)11-18-17(20)19-16-6-4-3-5-15(16)12-21-2/h3-10H,11-12H2,1-2H3,(H2,18,19,20). The second kappa shape index (κ2) is 7.45. The molecule has 0 bridgehead atoms. The molecule has 2 amide bonds. The van der Waals surface area contributed by atoms with Gasteiger partial charge in [-0.15, -0.1) is 0 Å². The van der Waals surface area contributed by atoms with Crippen LogP contribution in [0.15, 0.2) is 48.5 Å². The number of ether oxygens (including phenoxy) is 1. The second-order valence-corrected chi connectivity index (χ2v) is 4.88. The van der Waals surface area contributed by atoms with Gasteiger partial charge in [-0.25, -0.2) is 4.79 Å². The number of urea groups is 1. The van der Waals surface area contributed by atoms with E-state index in [-0.39, 0.29) is 6.03 Å². The van der Waals surface area contributed by atoms with E-state index < -0.39 is 0 Å². The summed E-state index contributed by atoms with van der Waals surface area (Å²) >= 11 is 0. The topological polar surface area (TPSA) is 50.4 Å². The van der Waals surface area contributed by atoms with Crippen molar-refractivity contribution in [1.82, 2.24) is 5.32 Å². The van der Waals surface area contributed by atoms with Crippen LogP contribution in [0.1, 0.15) is 16.7 Å². The van der Waals surface area contributed by atoms with E-state index >= 15 is 0 Å². The number of hydrogen-bond donors (Lipinski definition) is 2. The van der Waals surface area contributed by atoms with Crippen molar-refractivity contribution in [1.29, 1.82) is 0 Å². The molecule has 0 spiro atoms. The zero-order valence-corrected chi connectivity index (χ0v) is 12.3. The van der Waals surface area contributed by atoms with Crippen molar-refractivity contribution in [2.75, 3.05) is 12.4 Å². The average molecular weight is 284 g/mol. The van der Waals surface area contributed by atoms with Gasteiger partial charge in [-0.1, -0.05) is 48.0 Å². The van der Waals surface area contributed by atoms with Crippen LogP contribution in [-0.2, 0) is 17.9 Å². The molecule has 0 atom stereocenters. The number of carbonyl (C=O) groups is 1. The molecule has 21 heavy (non-hydrogen) atoms. The Morgan fingerprint density at radius 2 is 1.81 bits per heavy atom. The lowest BCUT2D eigenvalue weighted by Crippen LogP contribution is -2.28. The molecule has 0 heterocycles. The summed E-state index contributed by atoms with van der Waals surface area (Å²) in [5.74, 6) is 0. The summed E-state index contributed by atoms with van der Waals surface area (Å²) < 4.78 is 5.12. The number of carbonyl (C=O) groups excluding carboxylic acids is 1. The van der Waals surface area contributed by atoms with Crippen molar-refractivity contribution in [2.24, 2.45) is 0 Å². The number of nitrogens with one attached hydrogen (secondary N) is 2. The van der Waals surface area contributed by atoms with Crippen LogP contribution in [0, 0.1) is 6.92 Å². The third kappa shape index (κ3) is 4.61. The van der Waals surface area contributed by atoms with Gasteiger partial charge in [-0.05, 0) is 18.6 Å². The minimum absolute atomic E-state index is 0.223. The molecule has 0 saturated carbocycles. The van der Waals surface area contributed by atoms with E-state index in [2.05, 4.69) is 10.6 Å². The third-order valence-electron chi connectivity index (χ3n) is 3.14. The van der Waals surface area contributed by atoms with Gasteiger partial charge in [0.05, 0.1) is 6.61 Å². The predicted molar refractivity (Wildman–Crippen MR) is 84.2 cm³/mol. The van der Waals surface area contributed by atoms with Crippen molar-refractivity contribution in [3.05, 3.63) is 65.2 Å². The molecule has 0 aliphatic rings. The molecule has 2 N–H and O–H groups in total. The minimum Gasteiger partial charge on any atom is -0.380 e. The first-order chi connectivity index (χ1) is 10.2. The highest BCUT2D eigenvalue weighted by Gasteiger charge is 2.05. The van der Waals surface area contributed by atoms with E-state index in [9.17, 15) is 4.79 Å². The molecule has 2 rings (SSSR count). The predicted octanol–water partition coefficient (Wildman–Crippen LogP) is 3.46. The van der Waals surface area contributed by atoms with Gasteiger partial charge in [0.2, 0.25) is 0 Å². The van der Waals surface area contributed by atoms with Crippen molar-refractivity contribution < 1.29 is 9.53 Å². The Labute approximate surface area is 125 Å². The van der Waals surface area contributed by atoms with Crippen LogP contribution in [0.2, 0.25) is 0 Å². The van der Waals surface area contributed by atoms with Gasteiger partial charge in [0, 0.05) is 24.9 Å². The number of hydrogen-bond acceptors (Lipinski definition) is 2. The highest BCUT2D eigenvalue weighted by molar-refractivity contribution is 5.90. The molecule has 2 aromatic rings. The Bertz CT molecular complexity index is 594. The van der Waals surface area contributed by atoms with E-state index in [4.69, 9.17) is 4.74 Å². The monoisotopic (exact) mass is 284 g/mol. The largest absolute Gasteiger partial charge is 0.380 e. The summed E-state index contributed by atoms with van der Waals surface area (Å²) in [6.07, 6.45) is 0. The smallest absolute Gasteiger partial charge is 0.319 e. The second-order valence-electron chi connectivity index (χ2n) is 4.88. The maximum absolute atomic E-state index is 11.9. The molecule has 4 nitrogen and oxygen atoms in total. The molecule has 110 valence electrons. The lowest BCUT2D eigenvalue weighted by molar-refractivity contribution is 0.185. The summed E-state index contributed by atoms with van der Waals surface area (Å²) in [6, 6.07) is 15.4. The van der Waals surface area contributed by atoms with E-state index in [1.807, 2.05) is 55.5 Å². The van der Waals surface area contributed by atoms with Crippen LogP contribution in [0.3, 0.4) is 0 Å². The lowest BCUT2D eigenvalue weighted by Gasteiger charge is -2.11. The number of amides is 2. The molecule has 0 aromatic heterocycles. The first-order valence-electron chi connectivity index (χ1n) is 6.86. The minimum atomic E-state index is -0.223. The van der Waals surface area contributed by atoms with E-state index in [1.54, 1.807) is 7.11 Å². The van der Waals surface area contributed by atoms with Crippen molar-refractivity contribution >= 4 is 11.7 Å². The van der Waals surface area contributed by atoms with Crippen LogP contribution < -0.4 is 10.6 Å². The molecule has 2 aromatic carbocycles. The molecular formula is C17H20N2O2. The Morgan fingerprint density at radius 3 is 2.52 bits per heavy atom. The number of aryl methyl sites for hydroxylation is 1. The maximum Gasteiger partial charge on any atom is 0.319 e. The summed E-state index contributed by atoms with van der Waals surface area (Å²) in [5.41, 5.74) is 3.99. The average Bonchev–Trinajstić information content (AvgIpc) is 2.49. The number of para-hydroxylation sites is 1. The van der Waals surface area contributed by atoms with E-state index in [0.717, 1.165) is 16.8 Å². The number of rotatable bonds is 5. The molecule has 0 aliphatic heterocycles. The lowest BCUT2D eigenvalue weighted by atomic mass is 10.1. The van der Waals surface area contributed by atoms with Crippen LogP contribution in [0.5, 0.6) is 0 Å². The van der Waals surface area contributed by atoms with Crippen LogP contribution in [0.4, 0.5) is 10.5 Å². The van der Waals surface area contributed by atoms with Gasteiger partial charge in [0.15, 0.2) is 0 Å². The van der Waals surface area contributed by atoms with Gasteiger partial charge in [-0.3, -0.25) is 0 Å². The Morgan fingerprint density at radius 1 is 1.10 bits per heavy atom. The highest BCUT2D eigenvalue weighted by Crippen LogP contribution is 2.15. The zero-order valence-electron chi connectivity index (χ0n) is 12.3. The van der Waals surface area contributed by atoms with Crippen molar-refractivity contribution in [3.8, 4) is 0 Å². The number of anilines is 1. The third-order valence-corrected chi connectivity index (χ3v) is 3.14. The maximum atomic E-state index is 11.9. The quantitative estimate of drug-likeness (QED) is 0.883. The fourth-order valence-electron chi connectivity index (χ4n) is 1.98. The summed E-state index contributed by atoms with van der Waals surface area (Å²) in [5, 5.41) is 5.69. The van der Waals surface area contributed by atoms with Crippen molar-refractivity contribution in [3.63, 3.8) is 0 Å². The number of methoxy groups -OCH3 is 1. The fourth-order valence-corrected chi connectivity index (χ4v) is 1.98. The Kier molecular flexibility index (Phi) is 5.35. The van der Waals surface area contributed by atoms with Crippen molar-refractivity contribution in [2.45, 2.75) is 20.1 Å². The van der Waals surface area contributed by atoms with Crippen LogP contribution in [-0.4, -0.2) is 13.1 Å². The molecule has 4 heteroatoms. The zero-order chi connectivity index (χ0) is 15.1. The SMILES string of the molecule is COCc1ccccc1NC(=O)NCc1ccc(C)cc1.